The van der Waals surface area contributed by atoms with Crippen LogP contribution in [0.4, 0.5) is 0 Å². The summed E-state index contributed by atoms with van der Waals surface area (Å²) in [5.41, 5.74) is 2.44. The molecule has 0 aliphatic carbocycles. The topological polar surface area (TPSA) is 29.9 Å². The second-order valence-corrected chi connectivity index (χ2v) is 4.86. The SMILES string of the molecule is Cc1csc(CCNCc2cccn2C)n1. The van der Waals surface area contributed by atoms with Gasteiger partial charge in [0.05, 0.1) is 5.01 Å². The van der Waals surface area contributed by atoms with Gasteiger partial charge in [-0.15, -0.1) is 11.3 Å². The molecule has 0 aromatic carbocycles. The van der Waals surface area contributed by atoms with Crippen LogP contribution in [0.1, 0.15) is 16.4 Å². The van der Waals surface area contributed by atoms with Gasteiger partial charge in [0.1, 0.15) is 0 Å². The number of nitrogens with one attached hydrogen (secondary N) is 1. The van der Waals surface area contributed by atoms with Crippen molar-refractivity contribution in [3.63, 3.8) is 0 Å². The number of hydrogen-bond acceptors (Lipinski definition) is 3. The lowest BCUT2D eigenvalue weighted by Crippen LogP contribution is -2.18. The number of aryl methyl sites for hydroxylation is 2. The van der Waals surface area contributed by atoms with E-state index in [1.165, 1.54) is 10.7 Å². The van der Waals surface area contributed by atoms with Gasteiger partial charge >= 0.3 is 0 Å². The molecule has 0 aliphatic heterocycles. The molecule has 4 heteroatoms. The Morgan fingerprint density at radius 1 is 1.50 bits per heavy atom. The fraction of sp³-hybridized carbons (Fsp3) is 0.417. The van der Waals surface area contributed by atoms with Crippen molar-refractivity contribution >= 4 is 11.3 Å². The van der Waals surface area contributed by atoms with Crippen molar-refractivity contribution in [3.8, 4) is 0 Å². The molecule has 0 fully saturated rings. The summed E-state index contributed by atoms with van der Waals surface area (Å²) in [6.45, 7) is 3.95. The van der Waals surface area contributed by atoms with Crippen molar-refractivity contribution < 1.29 is 0 Å². The molecule has 0 bridgehead atoms. The standard InChI is InChI=1S/C12H17N3S/c1-10-9-16-12(14-10)5-6-13-8-11-4-3-7-15(11)2/h3-4,7,9,13H,5-6,8H2,1-2H3. The van der Waals surface area contributed by atoms with E-state index in [1.807, 2.05) is 6.92 Å². The van der Waals surface area contributed by atoms with Gasteiger partial charge in [0.15, 0.2) is 0 Å². The number of rotatable bonds is 5. The van der Waals surface area contributed by atoms with Crippen LogP contribution >= 0.6 is 11.3 Å². The van der Waals surface area contributed by atoms with E-state index in [9.17, 15) is 0 Å². The van der Waals surface area contributed by atoms with Gasteiger partial charge in [-0.1, -0.05) is 0 Å². The first-order chi connectivity index (χ1) is 7.75. The summed E-state index contributed by atoms with van der Waals surface area (Å²) in [6.07, 6.45) is 3.09. The van der Waals surface area contributed by atoms with E-state index in [-0.39, 0.29) is 0 Å². The first kappa shape index (κ1) is 11.4. The molecule has 0 unspecified atom stereocenters. The molecule has 0 atom stereocenters. The lowest BCUT2D eigenvalue weighted by atomic mass is 10.4. The molecule has 86 valence electrons. The summed E-state index contributed by atoms with van der Waals surface area (Å²) in [6, 6.07) is 4.21. The van der Waals surface area contributed by atoms with Crippen molar-refractivity contribution in [3.05, 3.63) is 40.1 Å². The number of aromatic nitrogens is 2. The molecular formula is C12H17N3S. The average Bonchev–Trinajstić information content (AvgIpc) is 2.83. The highest BCUT2D eigenvalue weighted by Gasteiger charge is 1.99. The van der Waals surface area contributed by atoms with Crippen LogP contribution in [-0.2, 0) is 20.0 Å². The number of nitrogens with zero attached hydrogens (tertiary/aromatic N) is 2. The van der Waals surface area contributed by atoms with Crippen LogP contribution in [0.25, 0.3) is 0 Å². The Morgan fingerprint density at radius 3 is 3.00 bits per heavy atom. The summed E-state index contributed by atoms with van der Waals surface area (Å²) in [7, 11) is 2.07. The zero-order chi connectivity index (χ0) is 11.4. The third-order valence-electron chi connectivity index (χ3n) is 2.54. The van der Waals surface area contributed by atoms with Crippen LogP contribution in [0, 0.1) is 6.92 Å². The van der Waals surface area contributed by atoms with E-state index < -0.39 is 0 Å². The minimum Gasteiger partial charge on any atom is -0.353 e. The Kier molecular flexibility index (Phi) is 3.74. The van der Waals surface area contributed by atoms with Gasteiger partial charge in [-0.25, -0.2) is 4.98 Å². The monoisotopic (exact) mass is 235 g/mol. The fourth-order valence-corrected chi connectivity index (χ4v) is 2.39. The number of thiazole rings is 1. The molecule has 3 nitrogen and oxygen atoms in total. The molecule has 16 heavy (non-hydrogen) atoms. The van der Waals surface area contributed by atoms with Gasteiger partial charge in [-0.05, 0) is 19.1 Å². The van der Waals surface area contributed by atoms with E-state index >= 15 is 0 Å². The molecule has 1 N–H and O–H groups in total. The Labute approximate surface area is 100 Å². The van der Waals surface area contributed by atoms with Crippen LogP contribution in [0.2, 0.25) is 0 Å². The zero-order valence-electron chi connectivity index (χ0n) is 9.73. The van der Waals surface area contributed by atoms with Crippen molar-refractivity contribution in [1.29, 1.82) is 0 Å². The molecule has 0 spiro atoms. The Balaban J connectivity index is 1.71. The molecule has 2 aromatic rings. The summed E-state index contributed by atoms with van der Waals surface area (Å²) in [5, 5.41) is 6.76. The molecule has 0 radical (unpaired) electrons. The quantitative estimate of drug-likeness (QED) is 0.805. The summed E-state index contributed by atoms with van der Waals surface area (Å²) in [5.74, 6) is 0. The van der Waals surface area contributed by atoms with E-state index in [4.69, 9.17) is 0 Å². The molecule has 0 aliphatic rings. The van der Waals surface area contributed by atoms with Gasteiger partial charge in [0.25, 0.3) is 0 Å². The normalized spacial score (nSPS) is 10.9. The van der Waals surface area contributed by atoms with E-state index in [0.717, 1.165) is 25.2 Å². The minimum atomic E-state index is 0.924. The predicted molar refractivity (Wildman–Crippen MR) is 67.7 cm³/mol. The lowest BCUT2D eigenvalue weighted by Gasteiger charge is -2.04. The summed E-state index contributed by atoms with van der Waals surface area (Å²) >= 11 is 1.74. The average molecular weight is 235 g/mol. The highest BCUT2D eigenvalue weighted by molar-refractivity contribution is 7.09. The predicted octanol–water partition coefficient (Wildman–Crippen LogP) is 2.12. The third-order valence-corrected chi connectivity index (χ3v) is 3.57. The van der Waals surface area contributed by atoms with Gasteiger partial charge in [-0.3, -0.25) is 0 Å². The highest BCUT2D eigenvalue weighted by atomic mass is 32.1. The van der Waals surface area contributed by atoms with Gasteiger partial charge in [-0.2, -0.15) is 0 Å². The molecular weight excluding hydrogens is 218 g/mol. The second kappa shape index (κ2) is 5.27. The molecule has 0 saturated carbocycles. The highest BCUT2D eigenvalue weighted by Crippen LogP contribution is 2.08. The molecule has 0 saturated heterocycles. The van der Waals surface area contributed by atoms with Crippen molar-refractivity contribution in [2.45, 2.75) is 19.9 Å². The minimum absolute atomic E-state index is 0.924. The van der Waals surface area contributed by atoms with Crippen molar-refractivity contribution in [1.82, 2.24) is 14.9 Å². The Morgan fingerprint density at radius 2 is 2.38 bits per heavy atom. The maximum absolute atomic E-state index is 4.44. The molecule has 0 amide bonds. The van der Waals surface area contributed by atoms with Crippen LogP contribution < -0.4 is 5.32 Å². The van der Waals surface area contributed by atoms with Crippen LogP contribution in [0.15, 0.2) is 23.7 Å². The largest absolute Gasteiger partial charge is 0.353 e. The molecule has 2 rings (SSSR count). The van der Waals surface area contributed by atoms with Gasteiger partial charge < -0.3 is 9.88 Å². The maximum atomic E-state index is 4.44. The first-order valence-corrected chi connectivity index (χ1v) is 6.35. The summed E-state index contributed by atoms with van der Waals surface area (Å²) in [4.78, 5) is 4.44. The van der Waals surface area contributed by atoms with E-state index in [2.05, 4.69) is 45.6 Å². The van der Waals surface area contributed by atoms with E-state index in [1.54, 1.807) is 11.3 Å². The molecule has 2 heterocycles. The smallest absolute Gasteiger partial charge is 0.0940 e. The van der Waals surface area contributed by atoms with Gasteiger partial charge in [0.2, 0.25) is 0 Å². The van der Waals surface area contributed by atoms with Crippen molar-refractivity contribution in [2.24, 2.45) is 7.05 Å². The second-order valence-electron chi connectivity index (χ2n) is 3.92. The Hall–Kier alpha value is -1.13. The summed E-state index contributed by atoms with van der Waals surface area (Å²) < 4.78 is 2.14. The Bertz CT molecular complexity index is 445. The van der Waals surface area contributed by atoms with Crippen LogP contribution in [-0.4, -0.2) is 16.1 Å². The lowest BCUT2D eigenvalue weighted by molar-refractivity contribution is 0.651. The van der Waals surface area contributed by atoms with Gasteiger partial charge in [0, 0.05) is 49.5 Å². The maximum Gasteiger partial charge on any atom is 0.0940 e. The van der Waals surface area contributed by atoms with Crippen molar-refractivity contribution in [2.75, 3.05) is 6.54 Å². The fourth-order valence-electron chi connectivity index (χ4n) is 1.61. The third kappa shape index (κ3) is 2.93. The van der Waals surface area contributed by atoms with Crippen LogP contribution in [0.5, 0.6) is 0 Å². The molecule has 2 aromatic heterocycles. The first-order valence-electron chi connectivity index (χ1n) is 5.47. The van der Waals surface area contributed by atoms with Crippen LogP contribution in [0.3, 0.4) is 0 Å². The number of hydrogen-bond donors (Lipinski definition) is 1. The zero-order valence-corrected chi connectivity index (χ0v) is 10.5. The van der Waals surface area contributed by atoms with E-state index in [0.29, 0.717) is 0 Å².